The maximum Gasteiger partial charge on any atom is 0.224 e. The van der Waals surface area contributed by atoms with E-state index in [1.807, 2.05) is 4.90 Å². The van der Waals surface area contributed by atoms with Gasteiger partial charge in [-0.15, -0.1) is 0 Å². The highest BCUT2D eigenvalue weighted by Crippen LogP contribution is 2.17. The quantitative estimate of drug-likeness (QED) is 0.562. The largest absolute Gasteiger partial charge is 0.368 e. The Hall–Kier alpha value is -3.16. The highest BCUT2D eigenvalue weighted by atomic mass is 19.1. The molecule has 0 aromatic heterocycles. The molecule has 1 fully saturated rings. The van der Waals surface area contributed by atoms with Crippen LogP contribution in [0.4, 0.5) is 14.5 Å². The first-order chi connectivity index (χ1) is 14.5. The van der Waals surface area contributed by atoms with Crippen LogP contribution in [0.15, 0.2) is 53.5 Å². The van der Waals surface area contributed by atoms with E-state index in [0.29, 0.717) is 38.6 Å². The summed E-state index contributed by atoms with van der Waals surface area (Å²) in [7, 11) is 1.66. The van der Waals surface area contributed by atoms with Crippen molar-refractivity contribution in [3.8, 4) is 0 Å². The standard InChI is InChI=1S/C22H27F2N5O/c1-25-22(27-16-17-2-4-18(23)5-3-17)26-11-10-21(30)29-14-12-28(13-15-29)20-8-6-19(24)7-9-20/h2-9H,10-16H2,1H3,(H2,25,26,27). The molecule has 160 valence electrons. The van der Waals surface area contributed by atoms with E-state index >= 15 is 0 Å². The van der Waals surface area contributed by atoms with Crippen molar-refractivity contribution in [2.24, 2.45) is 4.99 Å². The first-order valence-corrected chi connectivity index (χ1v) is 10.0. The van der Waals surface area contributed by atoms with Crippen molar-refractivity contribution >= 4 is 17.6 Å². The maximum absolute atomic E-state index is 13.1. The van der Waals surface area contributed by atoms with Crippen molar-refractivity contribution in [1.29, 1.82) is 0 Å². The minimum absolute atomic E-state index is 0.0928. The summed E-state index contributed by atoms with van der Waals surface area (Å²) >= 11 is 0. The summed E-state index contributed by atoms with van der Waals surface area (Å²) in [6.45, 7) is 3.73. The Morgan fingerprint density at radius 3 is 2.13 bits per heavy atom. The fraction of sp³-hybridized carbons (Fsp3) is 0.364. The molecule has 0 spiro atoms. The zero-order valence-electron chi connectivity index (χ0n) is 17.1. The van der Waals surface area contributed by atoms with E-state index in [1.165, 1.54) is 24.3 Å². The lowest BCUT2D eigenvalue weighted by molar-refractivity contribution is -0.131. The smallest absolute Gasteiger partial charge is 0.224 e. The molecular weight excluding hydrogens is 388 g/mol. The molecule has 30 heavy (non-hydrogen) atoms. The summed E-state index contributed by atoms with van der Waals surface area (Å²) in [5, 5.41) is 6.28. The molecule has 1 saturated heterocycles. The Morgan fingerprint density at radius 2 is 1.53 bits per heavy atom. The Labute approximate surface area is 175 Å². The lowest BCUT2D eigenvalue weighted by atomic mass is 10.2. The van der Waals surface area contributed by atoms with Crippen LogP contribution in [0.25, 0.3) is 0 Å². The van der Waals surface area contributed by atoms with Gasteiger partial charge in [0.2, 0.25) is 5.91 Å². The highest BCUT2D eigenvalue weighted by molar-refractivity contribution is 5.81. The molecule has 2 N–H and O–H groups in total. The monoisotopic (exact) mass is 415 g/mol. The molecule has 3 rings (SSSR count). The number of benzene rings is 2. The van der Waals surface area contributed by atoms with Gasteiger partial charge in [0.1, 0.15) is 11.6 Å². The Kier molecular flexibility index (Phi) is 7.59. The SMILES string of the molecule is CN=C(NCCC(=O)N1CCN(c2ccc(F)cc2)CC1)NCc1ccc(F)cc1. The van der Waals surface area contributed by atoms with E-state index in [2.05, 4.69) is 20.5 Å². The second kappa shape index (κ2) is 10.6. The molecule has 0 radical (unpaired) electrons. The number of nitrogens with one attached hydrogen (secondary N) is 2. The zero-order valence-corrected chi connectivity index (χ0v) is 17.1. The van der Waals surface area contributed by atoms with Gasteiger partial charge in [0.25, 0.3) is 0 Å². The zero-order chi connectivity index (χ0) is 21.3. The number of carbonyl (C=O) groups excluding carboxylic acids is 1. The van der Waals surface area contributed by atoms with Gasteiger partial charge in [-0.2, -0.15) is 0 Å². The number of guanidine groups is 1. The molecule has 1 amide bonds. The van der Waals surface area contributed by atoms with Crippen molar-refractivity contribution in [1.82, 2.24) is 15.5 Å². The summed E-state index contributed by atoms with van der Waals surface area (Å²) in [6.07, 6.45) is 0.369. The van der Waals surface area contributed by atoms with Crippen LogP contribution >= 0.6 is 0 Å². The normalized spacial score (nSPS) is 14.6. The van der Waals surface area contributed by atoms with Crippen molar-refractivity contribution in [3.63, 3.8) is 0 Å². The third kappa shape index (κ3) is 6.17. The summed E-state index contributed by atoms with van der Waals surface area (Å²) in [4.78, 5) is 20.6. The average Bonchev–Trinajstić information content (AvgIpc) is 2.77. The fourth-order valence-corrected chi connectivity index (χ4v) is 3.32. The van der Waals surface area contributed by atoms with Crippen LogP contribution in [0.3, 0.4) is 0 Å². The van der Waals surface area contributed by atoms with Crippen LogP contribution in [0.1, 0.15) is 12.0 Å². The van der Waals surface area contributed by atoms with Gasteiger partial charge in [-0.1, -0.05) is 12.1 Å². The van der Waals surface area contributed by atoms with E-state index in [0.717, 1.165) is 24.3 Å². The van der Waals surface area contributed by atoms with Crippen molar-refractivity contribution in [2.75, 3.05) is 44.7 Å². The van der Waals surface area contributed by atoms with E-state index < -0.39 is 0 Å². The minimum Gasteiger partial charge on any atom is -0.368 e. The van der Waals surface area contributed by atoms with Crippen LogP contribution in [0, 0.1) is 11.6 Å². The number of amides is 1. The van der Waals surface area contributed by atoms with Gasteiger partial charge < -0.3 is 20.4 Å². The van der Waals surface area contributed by atoms with E-state index in [4.69, 9.17) is 0 Å². The molecule has 0 atom stereocenters. The van der Waals surface area contributed by atoms with Crippen LogP contribution < -0.4 is 15.5 Å². The van der Waals surface area contributed by atoms with Crippen LogP contribution in [-0.2, 0) is 11.3 Å². The fourth-order valence-electron chi connectivity index (χ4n) is 3.32. The number of carbonyl (C=O) groups is 1. The number of nitrogens with zero attached hydrogens (tertiary/aromatic N) is 3. The van der Waals surface area contributed by atoms with Crippen molar-refractivity contribution < 1.29 is 13.6 Å². The second-order valence-electron chi connectivity index (χ2n) is 7.07. The lowest BCUT2D eigenvalue weighted by Gasteiger charge is -2.36. The number of anilines is 1. The molecule has 6 nitrogen and oxygen atoms in total. The average molecular weight is 415 g/mol. The topological polar surface area (TPSA) is 60.0 Å². The number of aliphatic imine (C=N–C) groups is 1. The van der Waals surface area contributed by atoms with Gasteiger partial charge in [0.05, 0.1) is 0 Å². The maximum atomic E-state index is 13.1. The third-order valence-electron chi connectivity index (χ3n) is 5.05. The molecule has 0 aliphatic carbocycles. The Balaban J connectivity index is 1.36. The van der Waals surface area contributed by atoms with Crippen LogP contribution in [-0.4, -0.2) is 56.5 Å². The molecule has 2 aromatic carbocycles. The van der Waals surface area contributed by atoms with E-state index in [1.54, 1.807) is 31.3 Å². The van der Waals surface area contributed by atoms with E-state index in [9.17, 15) is 13.6 Å². The highest BCUT2D eigenvalue weighted by Gasteiger charge is 2.21. The van der Waals surface area contributed by atoms with Gasteiger partial charge in [-0.25, -0.2) is 8.78 Å². The van der Waals surface area contributed by atoms with Crippen molar-refractivity contribution in [2.45, 2.75) is 13.0 Å². The summed E-state index contributed by atoms with van der Waals surface area (Å²) < 4.78 is 26.0. The van der Waals surface area contributed by atoms with E-state index in [-0.39, 0.29) is 17.5 Å². The second-order valence-corrected chi connectivity index (χ2v) is 7.07. The number of piperazine rings is 1. The Morgan fingerprint density at radius 1 is 0.933 bits per heavy atom. The molecule has 1 aliphatic heterocycles. The summed E-state index contributed by atoms with van der Waals surface area (Å²) in [5.74, 6) is 0.170. The summed E-state index contributed by atoms with van der Waals surface area (Å²) in [6, 6.07) is 12.7. The minimum atomic E-state index is -0.265. The molecule has 0 saturated carbocycles. The van der Waals surface area contributed by atoms with Gasteiger partial charge >= 0.3 is 0 Å². The van der Waals surface area contributed by atoms with Crippen LogP contribution in [0.2, 0.25) is 0 Å². The number of rotatable bonds is 6. The molecule has 2 aromatic rings. The van der Waals surface area contributed by atoms with Crippen LogP contribution in [0.5, 0.6) is 0 Å². The van der Waals surface area contributed by atoms with Gasteiger partial charge in [0.15, 0.2) is 5.96 Å². The first kappa shape index (κ1) is 21.5. The number of hydrogen-bond donors (Lipinski definition) is 2. The van der Waals surface area contributed by atoms with Gasteiger partial charge in [0, 0.05) is 58.4 Å². The molecule has 8 heteroatoms. The molecular formula is C22H27F2N5O. The predicted octanol–water partition coefficient (Wildman–Crippen LogP) is 2.37. The number of halogens is 2. The Bertz CT molecular complexity index is 847. The predicted molar refractivity (Wildman–Crippen MR) is 114 cm³/mol. The van der Waals surface area contributed by atoms with Gasteiger partial charge in [-0.05, 0) is 42.0 Å². The molecule has 0 unspecified atom stereocenters. The summed E-state index contributed by atoms with van der Waals surface area (Å²) in [5.41, 5.74) is 1.91. The molecule has 1 heterocycles. The van der Waals surface area contributed by atoms with Gasteiger partial charge in [-0.3, -0.25) is 9.79 Å². The first-order valence-electron chi connectivity index (χ1n) is 10.0. The third-order valence-corrected chi connectivity index (χ3v) is 5.05. The molecule has 1 aliphatic rings. The lowest BCUT2D eigenvalue weighted by Crippen LogP contribution is -2.49. The molecule has 0 bridgehead atoms. The van der Waals surface area contributed by atoms with Crippen molar-refractivity contribution in [3.05, 3.63) is 65.7 Å². The number of hydrogen-bond acceptors (Lipinski definition) is 3.